The van der Waals surface area contributed by atoms with E-state index in [9.17, 15) is 24.3 Å². The van der Waals surface area contributed by atoms with Crippen molar-refractivity contribution in [3.63, 3.8) is 0 Å². The Labute approximate surface area is 252 Å². The molecule has 2 aliphatic rings. The van der Waals surface area contributed by atoms with Gasteiger partial charge in [0.05, 0.1) is 23.8 Å². The lowest BCUT2D eigenvalue weighted by Crippen LogP contribution is -2.64. The van der Waals surface area contributed by atoms with Crippen LogP contribution in [-0.4, -0.2) is 106 Å². The van der Waals surface area contributed by atoms with Crippen molar-refractivity contribution in [1.29, 1.82) is 0 Å². The summed E-state index contributed by atoms with van der Waals surface area (Å²) in [4.78, 5) is 64.6. The van der Waals surface area contributed by atoms with Crippen LogP contribution in [0, 0.1) is 0 Å². The van der Waals surface area contributed by atoms with Gasteiger partial charge in [0.1, 0.15) is 17.4 Å². The zero-order chi connectivity index (χ0) is 31.4. The summed E-state index contributed by atoms with van der Waals surface area (Å²) < 4.78 is 27.2. The first-order valence-electron chi connectivity index (χ1n) is 14.0. The number of imidazole rings is 1. The highest BCUT2D eigenvalue weighted by atomic mass is 16.7. The molecule has 0 amide bonds. The second-order valence-corrected chi connectivity index (χ2v) is 10.4. The lowest BCUT2D eigenvalue weighted by atomic mass is 9.97. The molecule has 5 rings (SSSR count). The van der Waals surface area contributed by atoms with Gasteiger partial charge in [0.15, 0.2) is 18.3 Å². The molecule has 3 aromatic rings. The number of carboxylic acid groups (broad SMARTS) is 1. The van der Waals surface area contributed by atoms with E-state index in [2.05, 4.69) is 24.8 Å². The van der Waals surface area contributed by atoms with Crippen LogP contribution >= 0.6 is 0 Å². The van der Waals surface area contributed by atoms with Crippen LogP contribution < -0.4 is 9.64 Å². The molecule has 2 aromatic heterocycles. The highest BCUT2D eigenvalue weighted by Crippen LogP contribution is 2.31. The quantitative estimate of drug-likeness (QED) is 0.260. The third-order valence-electron chi connectivity index (χ3n) is 7.13. The number of piperazine rings is 1. The molecule has 0 saturated carbocycles. The van der Waals surface area contributed by atoms with Gasteiger partial charge in [0.25, 0.3) is 0 Å². The maximum absolute atomic E-state index is 12.0. The van der Waals surface area contributed by atoms with Gasteiger partial charge in [-0.05, 0) is 24.3 Å². The lowest BCUT2D eigenvalue weighted by Gasteiger charge is -2.42. The van der Waals surface area contributed by atoms with Crippen LogP contribution in [0.15, 0.2) is 42.6 Å². The van der Waals surface area contributed by atoms with Crippen LogP contribution in [0.3, 0.4) is 0 Å². The lowest BCUT2D eigenvalue weighted by molar-refractivity contribution is -0.281. The Morgan fingerprint density at radius 2 is 1.57 bits per heavy atom. The van der Waals surface area contributed by atoms with Crippen molar-refractivity contribution < 1.29 is 48.0 Å². The number of carbonyl (C=O) groups excluding carboxylic acids is 3. The molecular formula is C29H33N5O10. The SMILES string of the molecule is CC(=O)O[C@@H]1[C@@H](OC(C)=O)[C@H](Oc2ccc(N3CCN(Cc4nc5ccccc5[nH]4)CC3)nc2)O[C@H](C(=O)O)[C@H]1OC(C)=O. The number of ether oxygens (including phenoxy) is 5. The Bertz CT molecular complexity index is 1470. The van der Waals surface area contributed by atoms with Gasteiger partial charge in [0.2, 0.25) is 12.4 Å². The van der Waals surface area contributed by atoms with Crippen molar-refractivity contribution in [1.82, 2.24) is 19.9 Å². The third kappa shape index (κ3) is 7.23. The van der Waals surface area contributed by atoms with Gasteiger partial charge in [-0.2, -0.15) is 0 Å². The average molecular weight is 612 g/mol. The van der Waals surface area contributed by atoms with E-state index in [1.54, 1.807) is 12.1 Å². The first-order valence-corrected chi connectivity index (χ1v) is 14.0. The number of carboxylic acids is 1. The summed E-state index contributed by atoms with van der Waals surface area (Å²) >= 11 is 0. The summed E-state index contributed by atoms with van der Waals surface area (Å²) in [5, 5.41) is 9.79. The standard InChI is InChI=1S/C29H33N5O10/c1-16(35)40-24-25(41-17(2)36)27(42-18(3)37)29(44-26(24)28(38)39)43-19-8-9-23(30-14-19)34-12-10-33(11-13-34)15-22-31-20-6-4-5-7-21(20)32-22/h4-9,14,24-27,29H,10-13,15H2,1-3H3,(H,31,32)(H,38,39)/t24-,25-,26-,27+,29+/m0/s1. The number of hydrogen-bond acceptors (Lipinski definition) is 13. The van der Waals surface area contributed by atoms with Gasteiger partial charge in [-0.25, -0.2) is 14.8 Å². The van der Waals surface area contributed by atoms with E-state index in [1.165, 1.54) is 6.20 Å². The smallest absolute Gasteiger partial charge is 0.337 e. The van der Waals surface area contributed by atoms with Gasteiger partial charge < -0.3 is 38.7 Å². The Morgan fingerprint density at radius 1 is 0.909 bits per heavy atom. The van der Waals surface area contributed by atoms with Crippen LogP contribution in [0.4, 0.5) is 5.82 Å². The fourth-order valence-corrected chi connectivity index (χ4v) is 5.26. The number of aromatic nitrogens is 3. The molecule has 0 aliphatic carbocycles. The zero-order valence-corrected chi connectivity index (χ0v) is 24.4. The van der Waals surface area contributed by atoms with Crippen LogP contribution in [0.25, 0.3) is 11.0 Å². The van der Waals surface area contributed by atoms with Gasteiger partial charge >= 0.3 is 23.9 Å². The number of fused-ring (bicyclic) bond motifs is 1. The fraction of sp³-hybridized carbons (Fsp3) is 0.448. The second-order valence-electron chi connectivity index (χ2n) is 10.4. The molecule has 5 atom stereocenters. The molecule has 2 saturated heterocycles. The third-order valence-corrected chi connectivity index (χ3v) is 7.13. The van der Waals surface area contributed by atoms with Crippen LogP contribution in [0.5, 0.6) is 5.75 Å². The first-order chi connectivity index (χ1) is 21.1. The Balaban J connectivity index is 1.25. The average Bonchev–Trinajstić information content (AvgIpc) is 3.38. The molecule has 0 spiro atoms. The fourth-order valence-electron chi connectivity index (χ4n) is 5.26. The number of benzene rings is 1. The summed E-state index contributed by atoms with van der Waals surface area (Å²) in [5.41, 5.74) is 1.95. The van der Waals surface area contributed by atoms with Crippen molar-refractivity contribution in [2.75, 3.05) is 31.1 Å². The van der Waals surface area contributed by atoms with Crippen LogP contribution in [0.1, 0.15) is 26.6 Å². The van der Waals surface area contributed by atoms with E-state index < -0.39 is 54.6 Å². The van der Waals surface area contributed by atoms with Crippen molar-refractivity contribution >= 4 is 40.7 Å². The summed E-state index contributed by atoms with van der Waals surface area (Å²) in [6, 6.07) is 11.3. The van der Waals surface area contributed by atoms with E-state index in [4.69, 9.17) is 23.7 Å². The molecule has 2 fully saturated rings. The number of H-pyrrole nitrogens is 1. The number of rotatable bonds is 9. The number of nitrogens with one attached hydrogen (secondary N) is 1. The number of aliphatic carboxylic acids is 1. The van der Waals surface area contributed by atoms with E-state index in [0.717, 1.165) is 63.8 Å². The van der Waals surface area contributed by atoms with Crippen molar-refractivity contribution in [2.24, 2.45) is 0 Å². The number of anilines is 1. The molecule has 2 N–H and O–H groups in total. The maximum Gasteiger partial charge on any atom is 0.337 e. The van der Waals surface area contributed by atoms with Crippen LogP contribution in [0.2, 0.25) is 0 Å². The predicted molar refractivity (Wildman–Crippen MR) is 151 cm³/mol. The number of esters is 3. The molecule has 0 bridgehead atoms. The molecule has 4 heterocycles. The number of para-hydroxylation sites is 2. The van der Waals surface area contributed by atoms with Crippen molar-refractivity contribution in [2.45, 2.75) is 58.0 Å². The van der Waals surface area contributed by atoms with Crippen molar-refractivity contribution in [3.05, 3.63) is 48.4 Å². The summed E-state index contributed by atoms with van der Waals surface area (Å²) in [5.74, 6) is -2.16. The van der Waals surface area contributed by atoms with E-state index in [1.807, 2.05) is 24.3 Å². The Morgan fingerprint density at radius 3 is 2.18 bits per heavy atom. The van der Waals surface area contributed by atoms with Crippen LogP contribution in [-0.2, 0) is 44.7 Å². The molecule has 15 heteroatoms. The molecule has 0 unspecified atom stereocenters. The number of aromatic amines is 1. The Kier molecular flexibility index (Phi) is 9.25. The predicted octanol–water partition coefficient (Wildman–Crippen LogP) is 1.26. The monoisotopic (exact) mass is 611 g/mol. The van der Waals surface area contributed by atoms with Gasteiger partial charge in [-0.3, -0.25) is 19.3 Å². The van der Waals surface area contributed by atoms with E-state index in [-0.39, 0.29) is 5.75 Å². The van der Waals surface area contributed by atoms with Crippen molar-refractivity contribution in [3.8, 4) is 5.75 Å². The van der Waals surface area contributed by atoms with Gasteiger partial charge in [0, 0.05) is 47.0 Å². The molecule has 234 valence electrons. The summed E-state index contributed by atoms with van der Waals surface area (Å²) in [6.45, 7) is 7.02. The molecule has 2 aliphatic heterocycles. The zero-order valence-electron chi connectivity index (χ0n) is 24.4. The molecule has 44 heavy (non-hydrogen) atoms. The summed E-state index contributed by atoms with van der Waals surface area (Å²) in [6.07, 6.45) is -6.49. The minimum absolute atomic E-state index is 0.177. The van der Waals surface area contributed by atoms with E-state index in [0.29, 0.717) is 12.4 Å². The topological polar surface area (TPSA) is 183 Å². The minimum Gasteiger partial charge on any atom is -0.479 e. The molecular weight excluding hydrogens is 578 g/mol. The molecule has 1 aromatic carbocycles. The maximum atomic E-state index is 12.0. The first kappa shape index (κ1) is 30.7. The second kappa shape index (κ2) is 13.3. The largest absolute Gasteiger partial charge is 0.479 e. The molecule has 15 nitrogen and oxygen atoms in total. The molecule has 0 radical (unpaired) electrons. The summed E-state index contributed by atoms with van der Waals surface area (Å²) in [7, 11) is 0. The van der Waals surface area contributed by atoms with Gasteiger partial charge in [-0.1, -0.05) is 12.1 Å². The number of carbonyl (C=O) groups is 4. The van der Waals surface area contributed by atoms with E-state index >= 15 is 0 Å². The number of hydrogen-bond donors (Lipinski definition) is 2. The number of pyridine rings is 1. The highest BCUT2D eigenvalue weighted by Gasteiger charge is 2.55. The normalized spacial score (nSPS) is 24.0. The highest BCUT2D eigenvalue weighted by molar-refractivity contribution is 5.76. The minimum atomic E-state index is -1.79. The number of nitrogens with zero attached hydrogens (tertiary/aromatic N) is 4. The van der Waals surface area contributed by atoms with Gasteiger partial charge in [-0.15, -0.1) is 0 Å². The Hall–Kier alpha value is -4.76.